The van der Waals surface area contributed by atoms with Gasteiger partial charge < -0.3 is 14.8 Å². The first-order valence-corrected chi connectivity index (χ1v) is 10.6. The maximum absolute atomic E-state index is 12.7. The molecule has 0 saturated heterocycles. The molecule has 0 fully saturated rings. The standard InChI is InChI=1S/C21H21NO4S2/c1-4-25-15-10-8-14(9-11-15)17-13(3)28-20(18(17)21(24)26-5-2)22-19(23)16-7-6-12-27-16/h6-12H,4-5H2,1-3H3,(H,22,23). The maximum Gasteiger partial charge on any atom is 0.341 e. The van der Waals surface area contributed by atoms with E-state index >= 15 is 0 Å². The lowest BCUT2D eigenvalue weighted by atomic mass is 10.0. The average molecular weight is 416 g/mol. The Balaban J connectivity index is 2.02. The van der Waals surface area contributed by atoms with Gasteiger partial charge in [-0.05, 0) is 49.9 Å². The molecule has 0 unspecified atom stereocenters. The van der Waals surface area contributed by atoms with Gasteiger partial charge in [0.15, 0.2) is 0 Å². The highest BCUT2D eigenvalue weighted by Gasteiger charge is 2.26. The van der Waals surface area contributed by atoms with E-state index in [-0.39, 0.29) is 12.5 Å². The van der Waals surface area contributed by atoms with E-state index in [1.807, 2.05) is 49.6 Å². The van der Waals surface area contributed by atoms with Crippen molar-refractivity contribution < 1.29 is 19.1 Å². The highest BCUT2D eigenvalue weighted by atomic mass is 32.1. The quantitative estimate of drug-likeness (QED) is 0.509. The fourth-order valence-electron chi connectivity index (χ4n) is 2.84. The zero-order chi connectivity index (χ0) is 20.1. The Hall–Kier alpha value is -2.64. The van der Waals surface area contributed by atoms with Crippen molar-refractivity contribution in [2.45, 2.75) is 20.8 Å². The van der Waals surface area contributed by atoms with E-state index in [1.165, 1.54) is 22.7 Å². The van der Waals surface area contributed by atoms with Crippen molar-refractivity contribution in [1.29, 1.82) is 0 Å². The van der Waals surface area contributed by atoms with E-state index in [9.17, 15) is 9.59 Å². The molecule has 0 saturated carbocycles. The van der Waals surface area contributed by atoms with Crippen LogP contribution in [0.15, 0.2) is 41.8 Å². The lowest BCUT2D eigenvalue weighted by Gasteiger charge is -2.10. The zero-order valence-corrected chi connectivity index (χ0v) is 17.5. The second-order valence-corrected chi connectivity index (χ2v) is 8.02. The van der Waals surface area contributed by atoms with Crippen LogP contribution in [0.2, 0.25) is 0 Å². The number of hydrogen-bond acceptors (Lipinski definition) is 6. The van der Waals surface area contributed by atoms with Crippen molar-refractivity contribution in [2.24, 2.45) is 0 Å². The number of amides is 1. The van der Waals surface area contributed by atoms with Crippen molar-refractivity contribution in [3.63, 3.8) is 0 Å². The summed E-state index contributed by atoms with van der Waals surface area (Å²) in [7, 11) is 0. The molecule has 0 atom stereocenters. The molecule has 2 aromatic heterocycles. The third-order valence-electron chi connectivity index (χ3n) is 3.99. The van der Waals surface area contributed by atoms with Gasteiger partial charge in [-0.3, -0.25) is 4.79 Å². The highest BCUT2D eigenvalue weighted by Crippen LogP contribution is 2.41. The number of anilines is 1. The molecule has 1 aromatic carbocycles. The van der Waals surface area contributed by atoms with Crippen LogP contribution >= 0.6 is 22.7 Å². The smallest absolute Gasteiger partial charge is 0.341 e. The van der Waals surface area contributed by atoms with E-state index in [4.69, 9.17) is 9.47 Å². The minimum Gasteiger partial charge on any atom is -0.494 e. The minimum atomic E-state index is -0.447. The Labute approximate surface area is 171 Å². The predicted octanol–water partition coefficient (Wildman–Crippen LogP) is 5.61. The number of hydrogen-bond donors (Lipinski definition) is 1. The molecular formula is C21H21NO4S2. The molecule has 0 bridgehead atoms. The van der Waals surface area contributed by atoms with Gasteiger partial charge in [0.05, 0.1) is 18.1 Å². The van der Waals surface area contributed by atoms with E-state index in [0.29, 0.717) is 22.0 Å². The first-order valence-electron chi connectivity index (χ1n) is 8.93. The van der Waals surface area contributed by atoms with Gasteiger partial charge in [-0.1, -0.05) is 18.2 Å². The number of esters is 1. The monoisotopic (exact) mass is 415 g/mol. The molecule has 1 amide bonds. The van der Waals surface area contributed by atoms with E-state index < -0.39 is 5.97 Å². The Morgan fingerprint density at radius 2 is 1.82 bits per heavy atom. The van der Waals surface area contributed by atoms with Crippen molar-refractivity contribution >= 4 is 39.6 Å². The molecule has 3 aromatic rings. The predicted molar refractivity (Wildman–Crippen MR) is 114 cm³/mol. The fourth-order valence-corrected chi connectivity index (χ4v) is 4.51. The molecule has 0 aliphatic carbocycles. The van der Waals surface area contributed by atoms with Crippen molar-refractivity contribution in [3.05, 3.63) is 57.1 Å². The summed E-state index contributed by atoms with van der Waals surface area (Å²) >= 11 is 2.72. The molecule has 3 rings (SSSR count). The summed E-state index contributed by atoms with van der Waals surface area (Å²) < 4.78 is 10.8. The molecule has 146 valence electrons. The number of rotatable bonds is 7. The summed E-state index contributed by atoms with van der Waals surface area (Å²) in [6, 6.07) is 11.1. The molecule has 1 N–H and O–H groups in total. The van der Waals surface area contributed by atoms with Gasteiger partial charge in [-0.25, -0.2) is 4.79 Å². The van der Waals surface area contributed by atoms with Gasteiger partial charge >= 0.3 is 5.97 Å². The molecule has 0 aliphatic rings. The van der Waals surface area contributed by atoms with Gasteiger partial charge in [0.1, 0.15) is 16.3 Å². The third-order valence-corrected chi connectivity index (χ3v) is 5.88. The van der Waals surface area contributed by atoms with E-state index in [2.05, 4.69) is 5.32 Å². The topological polar surface area (TPSA) is 64.6 Å². The summed E-state index contributed by atoms with van der Waals surface area (Å²) in [5.74, 6) is 0.0836. The summed E-state index contributed by atoms with van der Waals surface area (Å²) in [4.78, 5) is 26.8. The number of aryl methyl sites for hydroxylation is 1. The second kappa shape index (κ2) is 9.03. The Kier molecular flexibility index (Phi) is 6.49. The van der Waals surface area contributed by atoms with Crippen LogP contribution in [0.4, 0.5) is 5.00 Å². The number of carbonyl (C=O) groups excluding carboxylic acids is 2. The number of thiophene rings is 2. The molecule has 2 heterocycles. The van der Waals surface area contributed by atoms with Gasteiger partial charge in [0.25, 0.3) is 5.91 Å². The lowest BCUT2D eigenvalue weighted by molar-refractivity contribution is 0.0529. The van der Waals surface area contributed by atoms with Crippen molar-refractivity contribution in [1.82, 2.24) is 0 Å². The maximum atomic E-state index is 12.7. The van der Waals surface area contributed by atoms with Gasteiger partial charge in [0, 0.05) is 10.4 Å². The summed E-state index contributed by atoms with van der Waals surface area (Å²) in [6.45, 7) is 6.47. The average Bonchev–Trinajstić information content (AvgIpc) is 3.31. The Morgan fingerprint density at radius 3 is 2.43 bits per heavy atom. The van der Waals surface area contributed by atoms with Gasteiger partial charge in [-0.15, -0.1) is 22.7 Å². The molecule has 28 heavy (non-hydrogen) atoms. The molecule has 0 spiro atoms. The molecule has 7 heteroatoms. The SMILES string of the molecule is CCOC(=O)c1c(NC(=O)c2cccs2)sc(C)c1-c1ccc(OCC)cc1. The number of carbonyl (C=O) groups is 2. The Bertz CT molecular complexity index is 959. The van der Waals surface area contributed by atoms with E-state index in [1.54, 1.807) is 13.0 Å². The summed E-state index contributed by atoms with van der Waals surface area (Å²) in [5, 5.41) is 5.22. The van der Waals surface area contributed by atoms with Crippen molar-refractivity contribution in [2.75, 3.05) is 18.5 Å². The normalized spacial score (nSPS) is 10.5. The van der Waals surface area contributed by atoms with Gasteiger partial charge in [-0.2, -0.15) is 0 Å². The molecule has 5 nitrogen and oxygen atoms in total. The first kappa shape index (κ1) is 20.1. The second-order valence-electron chi connectivity index (χ2n) is 5.85. The first-order chi connectivity index (χ1) is 13.5. The van der Waals surface area contributed by atoms with Gasteiger partial charge in [0.2, 0.25) is 0 Å². The van der Waals surface area contributed by atoms with Crippen molar-refractivity contribution in [3.8, 4) is 16.9 Å². The van der Waals surface area contributed by atoms with Crippen LogP contribution in [0, 0.1) is 6.92 Å². The minimum absolute atomic E-state index is 0.236. The van der Waals surface area contributed by atoms with Crippen LogP contribution in [-0.2, 0) is 4.74 Å². The van der Waals surface area contributed by atoms with E-state index in [0.717, 1.165) is 21.8 Å². The molecule has 0 radical (unpaired) electrons. The van der Waals surface area contributed by atoms with Crippen LogP contribution in [0.5, 0.6) is 5.75 Å². The van der Waals surface area contributed by atoms with Crippen LogP contribution in [0.3, 0.4) is 0 Å². The number of benzene rings is 1. The van der Waals surface area contributed by atoms with Crippen LogP contribution in [-0.4, -0.2) is 25.1 Å². The zero-order valence-electron chi connectivity index (χ0n) is 15.9. The highest BCUT2D eigenvalue weighted by molar-refractivity contribution is 7.17. The molecule has 0 aliphatic heterocycles. The van der Waals surface area contributed by atoms with Crippen LogP contribution < -0.4 is 10.1 Å². The summed E-state index contributed by atoms with van der Waals surface area (Å²) in [5.41, 5.74) is 2.03. The van der Waals surface area contributed by atoms with Crippen LogP contribution in [0.25, 0.3) is 11.1 Å². The summed E-state index contributed by atoms with van der Waals surface area (Å²) in [6.07, 6.45) is 0. The Morgan fingerprint density at radius 1 is 1.07 bits per heavy atom. The lowest BCUT2D eigenvalue weighted by Crippen LogP contribution is -2.13. The number of ether oxygens (including phenoxy) is 2. The third kappa shape index (κ3) is 4.26. The largest absolute Gasteiger partial charge is 0.494 e. The fraction of sp³-hybridized carbons (Fsp3) is 0.238. The number of nitrogens with one attached hydrogen (secondary N) is 1. The van der Waals surface area contributed by atoms with Crippen LogP contribution in [0.1, 0.15) is 38.8 Å². The molecular weight excluding hydrogens is 394 g/mol.